The van der Waals surface area contributed by atoms with Crippen LogP contribution in [-0.4, -0.2) is 55.0 Å². The Bertz CT molecular complexity index is 340. The van der Waals surface area contributed by atoms with E-state index >= 15 is 0 Å². The number of nitrogens with zero attached hydrogens (tertiary/aromatic N) is 1. The zero-order chi connectivity index (χ0) is 15.1. The molecule has 0 saturated carbocycles. The Morgan fingerprint density at radius 3 is 2.60 bits per heavy atom. The second kappa shape index (κ2) is 8.14. The number of carbonyl (C=O) groups excluding carboxylic acids is 2. The van der Waals surface area contributed by atoms with E-state index in [0.29, 0.717) is 12.8 Å². The van der Waals surface area contributed by atoms with Crippen molar-refractivity contribution in [1.82, 2.24) is 10.2 Å². The van der Waals surface area contributed by atoms with Crippen LogP contribution in [0.3, 0.4) is 0 Å². The fraction of sp³-hybridized carbons (Fsp3) is 0.846. The molecule has 2 amide bonds. The first kappa shape index (κ1) is 16.8. The van der Waals surface area contributed by atoms with Crippen molar-refractivity contribution in [3.05, 3.63) is 0 Å². The molecule has 2 unspecified atom stereocenters. The third-order valence-corrected chi connectivity index (χ3v) is 3.26. The van der Waals surface area contributed by atoms with Crippen LogP contribution in [0.4, 0.5) is 8.78 Å². The van der Waals surface area contributed by atoms with Gasteiger partial charge in [0.15, 0.2) is 0 Å². The van der Waals surface area contributed by atoms with Crippen LogP contribution in [0.5, 0.6) is 0 Å². The summed E-state index contributed by atoms with van der Waals surface area (Å²) >= 11 is 0. The summed E-state index contributed by atoms with van der Waals surface area (Å²) in [6.45, 7) is 3.27. The van der Waals surface area contributed by atoms with Gasteiger partial charge in [-0.1, -0.05) is 20.3 Å². The van der Waals surface area contributed by atoms with Gasteiger partial charge in [0.2, 0.25) is 11.8 Å². The third-order valence-electron chi connectivity index (χ3n) is 3.26. The summed E-state index contributed by atoms with van der Waals surface area (Å²) in [5.74, 6) is -0.335. The molecule has 20 heavy (non-hydrogen) atoms. The molecule has 1 saturated heterocycles. The fourth-order valence-electron chi connectivity index (χ4n) is 2.32. The molecular weight excluding hydrogens is 270 g/mol. The predicted octanol–water partition coefficient (Wildman–Crippen LogP) is 1.17. The topological polar surface area (TPSA) is 58.6 Å². The van der Waals surface area contributed by atoms with Gasteiger partial charge in [0, 0.05) is 6.54 Å². The van der Waals surface area contributed by atoms with E-state index in [1.165, 1.54) is 4.90 Å². The van der Waals surface area contributed by atoms with Crippen molar-refractivity contribution in [3.8, 4) is 0 Å². The zero-order valence-corrected chi connectivity index (χ0v) is 11.9. The second-order valence-electron chi connectivity index (χ2n) is 4.77. The van der Waals surface area contributed by atoms with Gasteiger partial charge in [0.05, 0.1) is 6.61 Å². The molecule has 1 N–H and O–H groups in total. The Morgan fingerprint density at radius 2 is 2.05 bits per heavy atom. The van der Waals surface area contributed by atoms with Crippen molar-refractivity contribution < 1.29 is 23.1 Å². The third kappa shape index (κ3) is 4.40. The highest BCUT2D eigenvalue weighted by atomic mass is 19.3. The lowest BCUT2D eigenvalue weighted by molar-refractivity contribution is -0.150. The number of carbonyl (C=O) groups is 2. The maximum absolute atomic E-state index is 12.3. The maximum atomic E-state index is 12.3. The van der Waals surface area contributed by atoms with Crippen LogP contribution < -0.4 is 5.32 Å². The SMILES string of the molecule is CCCC1NC(=O)C(CC)N(CCOCC(F)F)C1=O. The van der Waals surface area contributed by atoms with E-state index in [4.69, 9.17) is 4.74 Å². The molecule has 2 atom stereocenters. The van der Waals surface area contributed by atoms with E-state index in [0.717, 1.165) is 6.42 Å². The van der Waals surface area contributed by atoms with Crippen LogP contribution >= 0.6 is 0 Å². The normalized spacial score (nSPS) is 23.4. The summed E-state index contributed by atoms with van der Waals surface area (Å²) in [6.07, 6.45) is -0.672. The van der Waals surface area contributed by atoms with Crippen LogP contribution in [0.25, 0.3) is 0 Å². The number of hydrogen-bond donors (Lipinski definition) is 1. The largest absolute Gasteiger partial charge is 0.374 e. The first-order valence-electron chi connectivity index (χ1n) is 6.98. The Hall–Kier alpha value is -1.24. The highest BCUT2D eigenvalue weighted by Gasteiger charge is 2.38. The molecule has 0 aliphatic carbocycles. The van der Waals surface area contributed by atoms with Crippen molar-refractivity contribution in [3.63, 3.8) is 0 Å². The lowest BCUT2D eigenvalue weighted by atomic mass is 10.0. The minimum Gasteiger partial charge on any atom is -0.374 e. The van der Waals surface area contributed by atoms with E-state index < -0.39 is 25.1 Å². The van der Waals surface area contributed by atoms with Crippen molar-refractivity contribution in [2.24, 2.45) is 0 Å². The Labute approximate surface area is 117 Å². The van der Waals surface area contributed by atoms with Gasteiger partial charge in [-0.2, -0.15) is 0 Å². The number of ether oxygens (including phenoxy) is 1. The minimum absolute atomic E-state index is 0.0126. The number of alkyl halides is 2. The van der Waals surface area contributed by atoms with Crippen LogP contribution in [0.15, 0.2) is 0 Å². The molecule has 0 aromatic carbocycles. The molecule has 1 aliphatic rings. The second-order valence-corrected chi connectivity index (χ2v) is 4.77. The predicted molar refractivity (Wildman–Crippen MR) is 69.5 cm³/mol. The molecule has 0 radical (unpaired) electrons. The number of nitrogens with one attached hydrogen (secondary N) is 1. The lowest BCUT2D eigenvalue weighted by Gasteiger charge is -2.38. The average molecular weight is 292 g/mol. The number of amides is 2. The molecule has 1 rings (SSSR count). The van der Waals surface area contributed by atoms with Gasteiger partial charge < -0.3 is 15.0 Å². The summed E-state index contributed by atoms with van der Waals surface area (Å²) in [7, 11) is 0. The minimum atomic E-state index is -2.52. The summed E-state index contributed by atoms with van der Waals surface area (Å²) in [4.78, 5) is 25.7. The van der Waals surface area contributed by atoms with Crippen LogP contribution in [0.1, 0.15) is 33.1 Å². The monoisotopic (exact) mass is 292 g/mol. The Balaban J connectivity index is 2.61. The molecule has 116 valence electrons. The summed E-state index contributed by atoms with van der Waals surface area (Å²) in [6, 6.07) is -1.05. The van der Waals surface area contributed by atoms with Gasteiger partial charge >= 0.3 is 0 Å². The van der Waals surface area contributed by atoms with Crippen LogP contribution in [-0.2, 0) is 14.3 Å². The number of halogens is 2. The quantitative estimate of drug-likeness (QED) is 0.683. The maximum Gasteiger partial charge on any atom is 0.261 e. The molecule has 5 nitrogen and oxygen atoms in total. The molecular formula is C13H22F2N2O3. The van der Waals surface area contributed by atoms with Gasteiger partial charge in [-0.05, 0) is 12.8 Å². The van der Waals surface area contributed by atoms with E-state index in [1.54, 1.807) is 0 Å². The molecule has 0 aromatic heterocycles. The lowest BCUT2D eigenvalue weighted by Crippen LogP contribution is -2.63. The number of hydrogen-bond acceptors (Lipinski definition) is 3. The standard InChI is InChI=1S/C13H22F2N2O3/c1-3-5-9-13(19)17(6-7-20-8-11(14)15)10(4-2)12(18)16-9/h9-11H,3-8H2,1-2H3,(H,16,18). The van der Waals surface area contributed by atoms with Crippen LogP contribution in [0, 0.1) is 0 Å². The first-order chi connectivity index (χ1) is 9.51. The molecule has 0 spiro atoms. The highest BCUT2D eigenvalue weighted by Crippen LogP contribution is 2.15. The van der Waals surface area contributed by atoms with Gasteiger partial charge in [-0.3, -0.25) is 9.59 Å². The first-order valence-corrected chi connectivity index (χ1v) is 6.98. The van der Waals surface area contributed by atoms with Gasteiger partial charge in [0.1, 0.15) is 18.7 Å². The highest BCUT2D eigenvalue weighted by molar-refractivity contribution is 5.96. The van der Waals surface area contributed by atoms with E-state index in [2.05, 4.69) is 5.32 Å². The smallest absolute Gasteiger partial charge is 0.261 e. The average Bonchev–Trinajstić information content (AvgIpc) is 2.39. The fourth-order valence-corrected chi connectivity index (χ4v) is 2.32. The van der Waals surface area contributed by atoms with Crippen molar-refractivity contribution in [2.75, 3.05) is 19.8 Å². The molecule has 0 bridgehead atoms. The molecule has 7 heteroatoms. The van der Waals surface area contributed by atoms with Crippen molar-refractivity contribution in [2.45, 2.75) is 51.6 Å². The number of rotatable bonds is 8. The van der Waals surface area contributed by atoms with Gasteiger partial charge in [-0.25, -0.2) is 8.78 Å². The Kier molecular flexibility index (Phi) is 6.84. The van der Waals surface area contributed by atoms with E-state index in [-0.39, 0.29) is 25.0 Å². The van der Waals surface area contributed by atoms with Crippen LogP contribution in [0.2, 0.25) is 0 Å². The van der Waals surface area contributed by atoms with Gasteiger partial charge in [-0.15, -0.1) is 0 Å². The molecule has 0 aromatic rings. The number of piperazine rings is 1. The summed E-state index contributed by atoms with van der Waals surface area (Å²) in [5.41, 5.74) is 0. The molecule has 1 fully saturated rings. The van der Waals surface area contributed by atoms with E-state index in [9.17, 15) is 18.4 Å². The molecule has 1 aliphatic heterocycles. The summed E-state index contributed by atoms with van der Waals surface area (Å²) in [5, 5.41) is 2.72. The summed E-state index contributed by atoms with van der Waals surface area (Å²) < 4.78 is 28.7. The van der Waals surface area contributed by atoms with Crippen molar-refractivity contribution >= 4 is 11.8 Å². The van der Waals surface area contributed by atoms with Crippen molar-refractivity contribution in [1.29, 1.82) is 0 Å². The van der Waals surface area contributed by atoms with E-state index in [1.807, 2.05) is 13.8 Å². The zero-order valence-electron chi connectivity index (χ0n) is 11.9. The molecule has 1 heterocycles. The Morgan fingerprint density at radius 1 is 1.35 bits per heavy atom. The van der Waals surface area contributed by atoms with Gasteiger partial charge in [0.25, 0.3) is 6.43 Å².